The molecular weight excluding hydrogens is 221 g/mol. The van der Waals surface area contributed by atoms with E-state index in [1.54, 1.807) is 19.5 Å². The second-order valence-corrected chi connectivity index (χ2v) is 7.91. The van der Waals surface area contributed by atoms with Crippen molar-refractivity contribution in [3.05, 3.63) is 18.1 Å². The monoisotopic (exact) mass is 237 g/mol. The van der Waals surface area contributed by atoms with Crippen molar-refractivity contribution in [2.24, 2.45) is 0 Å². The van der Waals surface area contributed by atoms with Crippen LogP contribution in [-0.2, 0) is 4.57 Å². The second kappa shape index (κ2) is 3.70. The highest BCUT2D eigenvalue weighted by atomic mass is 31.2. The van der Waals surface area contributed by atoms with Gasteiger partial charge in [-0.05, 0) is 19.4 Å². The zero-order valence-electron chi connectivity index (χ0n) is 9.98. The van der Waals surface area contributed by atoms with E-state index in [2.05, 4.69) is 28.8 Å². The number of hydrogen-bond acceptors (Lipinski definition) is 3. The van der Waals surface area contributed by atoms with Gasteiger partial charge in [0.2, 0.25) is 0 Å². The van der Waals surface area contributed by atoms with Crippen LogP contribution in [0.25, 0.3) is 11.2 Å². The van der Waals surface area contributed by atoms with Crippen LogP contribution in [0.15, 0.2) is 12.3 Å². The lowest BCUT2D eigenvalue weighted by atomic mass is 10.2. The first-order valence-electron chi connectivity index (χ1n) is 5.29. The maximum atomic E-state index is 11.9. The molecule has 2 aromatic heterocycles. The van der Waals surface area contributed by atoms with E-state index in [0.29, 0.717) is 11.6 Å². The molecule has 0 atom stereocenters. The summed E-state index contributed by atoms with van der Waals surface area (Å²) in [5.74, 6) is 1.26. The molecule has 0 unspecified atom stereocenters. The van der Waals surface area contributed by atoms with Crippen molar-refractivity contribution in [3.63, 3.8) is 0 Å². The Morgan fingerprint density at radius 2 is 2.06 bits per heavy atom. The molecule has 0 bridgehead atoms. The zero-order valence-corrected chi connectivity index (χ0v) is 10.9. The first-order chi connectivity index (χ1) is 7.38. The van der Waals surface area contributed by atoms with E-state index in [-0.39, 0.29) is 0 Å². The van der Waals surface area contributed by atoms with Gasteiger partial charge in [-0.3, -0.25) is 0 Å². The number of pyridine rings is 1. The van der Waals surface area contributed by atoms with Crippen LogP contribution in [0.4, 0.5) is 0 Å². The third-order valence-corrected chi connectivity index (χ3v) is 4.00. The van der Waals surface area contributed by atoms with Crippen LogP contribution in [0.5, 0.6) is 0 Å². The van der Waals surface area contributed by atoms with Crippen LogP contribution in [0.1, 0.15) is 25.6 Å². The van der Waals surface area contributed by atoms with Crippen molar-refractivity contribution in [2.75, 3.05) is 13.3 Å². The van der Waals surface area contributed by atoms with E-state index >= 15 is 0 Å². The molecule has 0 aromatic carbocycles. The molecule has 0 radical (unpaired) electrons. The normalized spacial score (nSPS) is 12.6. The summed E-state index contributed by atoms with van der Waals surface area (Å²) in [6.45, 7) is 7.64. The fourth-order valence-electron chi connectivity index (χ4n) is 1.48. The molecule has 0 aliphatic carbocycles. The Balaban J connectivity index is 2.58. The largest absolute Gasteiger partial charge is 0.340 e. The number of nitrogens with zero attached hydrogens (tertiary/aromatic N) is 2. The van der Waals surface area contributed by atoms with E-state index in [1.165, 1.54) is 0 Å². The molecule has 5 heteroatoms. The number of aromatic nitrogens is 3. The number of rotatable bonds is 2. The maximum absolute atomic E-state index is 11.9. The van der Waals surface area contributed by atoms with Crippen LogP contribution in [0.3, 0.4) is 0 Å². The molecule has 0 aliphatic rings. The molecular formula is C11H16N3OP. The topological polar surface area (TPSA) is 58.6 Å². The van der Waals surface area contributed by atoms with Gasteiger partial charge in [0.05, 0.1) is 5.52 Å². The Morgan fingerprint density at radius 1 is 1.38 bits per heavy atom. The van der Waals surface area contributed by atoms with Crippen LogP contribution in [0.2, 0.25) is 0 Å². The fraction of sp³-hybridized carbons (Fsp3) is 0.455. The van der Waals surface area contributed by atoms with Gasteiger partial charge < -0.3 is 9.55 Å². The van der Waals surface area contributed by atoms with E-state index in [0.717, 1.165) is 16.6 Å². The number of hydrogen-bond donors (Lipinski definition) is 1. The Kier molecular flexibility index (Phi) is 2.62. The highest BCUT2D eigenvalue weighted by Gasteiger charge is 2.14. The van der Waals surface area contributed by atoms with Crippen molar-refractivity contribution >= 4 is 23.6 Å². The van der Waals surface area contributed by atoms with Gasteiger partial charge in [-0.1, -0.05) is 13.8 Å². The lowest BCUT2D eigenvalue weighted by molar-refractivity contribution is 0.588. The number of aromatic amines is 1. The summed E-state index contributed by atoms with van der Waals surface area (Å²) in [5.41, 5.74) is 1.56. The summed E-state index contributed by atoms with van der Waals surface area (Å²) in [6, 6.07) is 1.89. The molecule has 1 N–H and O–H groups in total. The Bertz CT molecular complexity index is 568. The van der Waals surface area contributed by atoms with Crippen LogP contribution < -0.4 is 5.30 Å². The lowest BCUT2D eigenvalue weighted by Gasteiger charge is -2.04. The highest BCUT2D eigenvalue weighted by Crippen LogP contribution is 2.34. The average Bonchev–Trinajstić information content (AvgIpc) is 2.58. The fourth-order valence-corrected chi connectivity index (χ4v) is 2.25. The van der Waals surface area contributed by atoms with Crippen LogP contribution in [0, 0.1) is 0 Å². The van der Waals surface area contributed by atoms with Crippen molar-refractivity contribution in [2.45, 2.75) is 19.8 Å². The van der Waals surface area contributed by atoms with Crippen molar-refractivity contribution in [3.8, 4) is 0 Å². The Hall–Kier alpha value is -1.15. The van der Waals surface area contributed by atoms with Gasteiger partial charge in [0, 0.05) is 17.4 Å². The lowest BCUT2D eigenvalue weighted by Crippen LogP contribution is -2.03. The minimum atomic E-state index is -2.25. The minimum absolute atomic E-state index is 0.340. The first kappa shape index (κ1) is 11.3. The summed E-state index contributed by atoms with van der Waals surface area (Å²) >= 11 is 0. The van der Waals surface area contributed by atoms with Gasteiger partial charge in [-0.15, -0.1) is 0 Å². The second-order valence-electron chi connectivity index (χ2n) is 4.69. The molecule has 0 saturated heterocycles. The minimum Gasteiger partial charge on any atom is -0.340 e. The van der Waals surface area contributed by atoms with Crippen molar-refractivity contribution in [1.29, 1.82) is 0 Å². The number of H-pyrrole nitrogens is 1. The smallest absolute Gasteiger partial charge is 0.177 e. The average molecular weight is 237 g/mol. The molecule has 86 valence electrons. The van der Waals surface area contributed by atoms with E-state index in [1.807, 2.05) is 6.07 Å². The van der Waals surface area contributed by atoms with Crippen LogP contribution >= 0.6 is 7.14 Å². The quantitative estimate of drug-likeness (QED) is 0.815. The summed E-state index contributed by atoms with van der Waals surface area (Å²) in [7, 11) is -2.25. The SMILES string of the molecule is CC(C)c1nc2ncc(P(C)(C)=O)cc2[nH]1. The maximum Gasteiger partial charge on any atom is 0.177 e. The Labute approximate surface area is 94.9 Å². The third-order valence-electron chi connectivity index (χ3n) is 2.51. The predicted molar refractivity (Wildman–Crippen MR) is 67.1 cm³/mol. The van der Waals surface area contributed by atoms with Gasteiger partial charge >= 0.3 is 0 Å². The molecule has 0 saturated carbocycles. The van der Waals surface area contributed by atoms with Gasteiger partial charge in [0.1, 0.15) is 13.0 Å². The van der Waals surface area contributed by atoms with E-state index in [4.69, 9.17) is 0 Å². The molecule has 2 aromatic rings. The summed E-state index contributed by atoms with van der Waals surface area (Å²) in [6.07, 6.45) is 1.66. The Morgan fingerprint density at radius 3 is 2.62 bits per heavy atom. The molecule has 4 nitrogen and oxygen atoms in total. The van der Waals surface area contributed by atoms with Gasteiger partial charge in [-0.2, -0.15) is 0 Å². The summed E-state index contributed by atoms with van der Waals surface area (Å²) in [4.78, 5) is 11.8. The summed E-state index contributed by atoms with van der Waals surface area (Å²) in [5, 5.41) is 0.791. The molecule has 0 fully saturated rings. The van der Waals surface area contributed by atoms with Gasteiger partial charge in [0.25, 0.3) is 0 Å². The third kappa shape index (κ3) is 2.03. The standard InChI is InChI=1S/C11H16N3OP/c1-7(2)10-13-9-5-8(16(3,4)15)6-12-11(9)14-10/h5-7H,1-4H3,(H,12,13,14). The van der Waals surface area contributed by atoms with Crippen LogP contribution in [-0.4, -0.2) is 28.3 Å². The predicted octanol–water partition coefficient (Wildman–Crippen LogP) is 2.33. The first-order valence-corrected chi connectivity index (χ1v) is 7.89. The number of fused-ring (bicyclic) bond motifs is 1. The molecule has 2 rings (SSSR count). The zero-order chi connectivity index (χ0) is 11.9. The van der Waals surface area contributed by atoms with Crippen molar-refractivity contribution in [1.82, 2.24) is 15.0 Å². The molecule has 0 spiro atoms. The van der Waals surface area contributed by atoms with Gasteiger partial charge in [-0.25, -0.2) is 9.97 Å². The summed E-state index contributed by atoms with van der Waals surface area (Å²) < 4.78 is 11.9. The van der Waals surface area contributed by atoms with Gasteiger partial charge in [0.15, 0.2) is 5.65 Å². The number of imidazole rings is 1. The molecule has 2 heterocycles. The number of nitrogens with one attached hydrogen (secondary N) is 1. The van der Waals surface area contributed by atoms with Crippen molar-refractivity contribution < 1.29 is 4.57 Å². The van der Waals surface area contributed by atoms with E-state index in [9.17, 15) is 4.57 Å². The molecule has 16 heavy (non-hydrogen) atoms. The highest BCUT2D eigenvalue weighted by molar-refractivity contribution is 7.70. The molecule has 0 amide bonds. The van der Waals surface area contributed by atoms with E-state index < -0.39 is 7.14 Å². The molecule has 0 aliphatic heterocycles.